The highest BCUT2D eigenvalue weighted by Crippen LogP contribution is 2.48. The van der Waals surface area contributed by atoms with Crippen LogP contribution in [0.15, 0.2) is 0 Å². The first kappa shape index (κ1) is 21.1. The molecule has 1 heterocycles. The van der Waals surface area contributed by atoms with Gasteiger partial charge in [0.15, 0.2) is 0 Å². The molecular weight excluding hydrogens is 315 g/mol. The van der Waals surface area contributed by atoms with Crippen LogP contribution in [0.4, 0.5) is 0 Å². The molecule has 1 rings (SSSR count). The third-order valence-corrected chi connectivity index (χ3v) is 6.27. The van der Waals surface area contributed by atoms with Crippen LogP contribution in [0, 0.1) is 5.92 Å². The quantitative estimate of drug-likeness (QED) is 0.557. The van der Waals surface area contributed by atoms with E-state index in [4.69, 9.17) is 9.05 Å². The molecule has 1 saturated heterocycles. The average molecular weight is 350 g/mol. The van der Waals surface area contributed by atoms with Gasteiger partial charge in [0.05, 0.1) is 26.0 Å². The summed E-state index contributed by atoms with van der Waals surface area (Å²) in [4.78, 5) is 2.42. The molecule has 6 nitrogen and oxygen atoms in total. The maximum absolute atomic E-state index is 12.5. The summed E-state index contributed by atoms with van der Waals surface area (Å²) in [5, 5.41) is 12.8. The zero-order valence-electron chi connectivity index (χ0n) is 15.2. The van der Waals surface area contributed by atoms with E-state index in [1.54, 1.807) is 0 Å². The lowest BCUT2D eigenvalue weighted by atomic mass is 9.99. The van der Waals surface area contributed by atoms with Gasteiger partial charge in [0.2, 0.25) is 0 Å². The molecule has 0 spiro atoms. The molecule has 2 N–H and O–H groups in total. The number of nitrogens with zero attached hydrogens (tertiary/aromatic N) is 1. The molecule has 0 unspecified atom stereocenters. The molecule has 2 atom stereocenters. The zero-order valence-corrected chi connectivity index (χ0v) is 16.1. The summed E-state index contributed by atoms with van der Waals surface area (Å²) in [6, 6.07) is 0.598. The molecular formula is C16H35N2O4P. The molecule has 7 heteroatoms. The van der Waals surface area contributed by atoms with Gasteiger partial charge in [-0.2, -0.15) is 0 Å². The summed E-state index contributed by atoms with van der Waals surface area (Å²) in [6.07, 6.45) is 2.36. The normalized spacial score (nSPS) is 23.6. The molecule has 1 aliphatic heterocycles. The Hall–Kier alpha value is 0.0300. The summed E-state index contributed by atoms with van der Waals surface area (Å²) in [7, 11) is -2.95. The number of hydrogen-bond acceptors (Lipinski definition) is 6. The fourth-order valence-corrected chi connectivity index (χ4v) is 4.78. The van der Waals surface area contributed by atoms with Gasteiger partial charge in [0, 0.05) is 25.2 Å². The van der Waals surface area contributed by atoms with Crippen molar-refractivity contribution in [2.45, 2.75) is 52.6 Å². The first-order valence-corrected chi connectivity index (χ1v) is 10.6. The summed E-state index contributed by atoms with van der Waals surface area (Å²) >= 11 is 0. The maximum atomic E-state index is 12.5. The van der Waals surface area contributed by atoms with Crippen molar-refractivity contribution in [2.75, 3.05) is 45.6 Å². The van der Waals surface area contributed by atoms with E-state index in [0.29, 0.717) is 31.3 Å². The van der Waals surface area contributed by atoms with Crippen LogP contribution in [0.1, 0.15) is 40.5 Å². The van der Waals surface area contributed by atoms with Crippen molar-refractivity contribution < 1.29 is 18.7 Å². The minimum Gasteiger partial charge on any atom is -0.395 e. The van der Waals surface area contributed by atoms with Crippen LogP contribution in [0.3, 0.4) is 0 Å². The Morgan fingerprint density at radius 2 is 1.96 bits per heavy atom. The Morgan fingerprint density at radius 3 is 2.48 bits per heavy atom. The fourth-order valence-electron chi connectivity index (χ4n) is 3.13. The standard InChI is InChI=1S/C16H35N2O4P/c1-5-21-23(20,22-6-2)9-7-8-18-12-15(13-19)17-11-16(18)10-14(3)4/h14-17,19H,5-13H2,1-4H3/t15-,16+/m1/s1. The Bertz CT molecular complexity index is 358. The number of rotatable bonds is 11. The van der Waals surface area contributed by atoms with Crippen molar-refractivity contribution in [3.05, 3.63) is 0 Å². The first-order chi connectivity index (χ1) is 10.9. The summed E-state index contributed by atoms with van der Waals surface area (Å²) < 4.78 is 23.2. The molecule has 1 aliphatic rings. The lowest BCUT2D eigenvalue weighted by Gasteiger charge is -2.41. The second-order valence-electron chi connectivity index (χ2n) is 6.59. The number of piperazine rings is 1. The number of aliphatic hydroxyl groups excluding tert-OH is 1. The molecule has 0 bridgehead atoms. The van der Waals surface area contributed by atoms with Crippen molar-refractivity contribution in [3.8, 4) is 0 Å². The zero-order chi connectivity index (χ0) is 17.3. The lowest BCUT2D eigenvalue weighted by molar-refractivity contribution is 0.0889. The van der Waals surface area contributed by atoms with Crippen LogP contribution in [-0.4, -0.2) is 67.7 Å². The predicted octanol–water partition coefficient (Wildman–Crippen LogP) is 2.32. The predicted molar refractivity (Wildman–Crippen MR) is 94.0 cm³/mol. The summed E-state index contributed by atoms with van der Waals surface area (Å²) in [6.45, 7) is 11.7. The van der Waals surface area contributed by atoms with E-state index in [1.165, 1.54) is 0 Å². The van der Waals surface area contributed by atoms with Crippen LogP contribution >= 0.6 is 7.60 Å². The fraction of sp³-hybridized carbons (Fsp3) is 1.00. The van der Waals surface area contributed by atoms with E-state index < -0.39 is 7.60 Å². The van der Waals surface area contributed by atoms with Crippen LogP contribution in [-0.2, 0) is 13.6 Å². The molecule has 0 aromatic carbocycles. The van der Waals surface area contributed by atoms with Crippen LogP contribution in [0.5, 0.6) is 0 Å². The summed E-state index contributed by atoms with van der Waals surface area (Å²) in [5.74, 6) is 0.632. The highest BCUT2D eigenvalue weighted by Gasteiger charge is 2.29. The van der Waals surface area contributed by atoms with Gasteiger partial charge in [-0.1, -0.05) is 13.8 Å². The van der Waals surface area contributed by atoms with E-state index in [2.05, 4.69) is 24.1 Å². The Kier molecular flexibility index (Phi) is 9.90. The third kappa shape index (κ3) is 7.63. The van der Waals surface area contributed by atoms with Crippen molar-refractivity contribution in [1.82, 2.24) is 10.2 Å². The Balaban J connectivity index is 2.54. The van der Waals surface area contributed by atoms with Crippen LogP contribution < -0.4 is 5.32 Å². The topological polar surface area (TPSA) is 71.0 Å². The van der Waals surface area contributed by atoms with Gasteiger partial charge in [-0.05, 0) is 39.2 Å². The highest BCUT2D eigenvalue weighted by molar-refractivity contribution is 7.53. The van der Waals surface area contributed by atoms with Crippen molar-refractivity contribution >= 4 is 7.60 Å². The first-order valence-electron chi connectivity index (χ1n) is 8.90. The minimum absolute atomic E-state index is 0.129. The van der Waals surface area contributed by atoms with E-state index in [-0.39, 0.29) is 12.6 Å². The van der Waals surface area contributed by atoms with Crippen LogP contribution in [0.2, 0.25) is 0 Å². The second kappa shape index (κ2) is 10.8. The van der Waals surface area contributed by atoms with Gasteiger partial charge < -0.3 is 19.5 Å². The molecule has 1 fully saturated rings. The van der Waals surface area contributed by atoms with Gasteiger partial charge in [0.1, 0.15) is 0 Å². The largest absolute Gasteiger partial charge is 0.395 e. The SMILES string of the molecule is CCOP(=O)(CCCN1C[C@H](CO)NC[C@@H]1CC(C)C)OCC. The molecule has 0 aromatic rings. The van der Waals surface area contributed by atoms with Crippen LogP contribution in [0.25, 0.3) is 0 Å². The van der Waals surface area contributed by atoms with Gasteiger partial charge in [-0.25, -0.2) is 0 Å². The molecule has 0 radical (unpaired) electrons. The van der Waals surface area contributed by atoms with Gasteiger partial charge in [-0.15, -0.1) is 0 Å². The lowest BCUT2D eigenvalue weighted by Crippen LogP contribution is -2.58. The van der Waals surface area contributed by atoms with Gasteiger partial charge in [0.25, 0.3) is 0 Å². The van der Waals surface area contributed by atoms with E-state index >= 15 is 0 Å². The molecule has 0 amide bonds. The molecule has 138 valence electrons. The smallest absolute Gasteiger partial charge is 0.330 e. The number of hydrogen-bond donors (Lipinski definition) is 2. The molecule has 0 saturated carbocycles. The van der Waals surface area contributed by atoms with Gasteiger partial charge >= 0.3 is 7.60 Å². The minimum atomic E-state index is -2.95. The highest BCUT2D eigenvalue weighted by atomic mass is 31.2. The van der Waals surface area contributed by atoms with Crippen molar-refractivity contribution in [2.24, 2.45) is 5.92 Å². The van der Waals surface area contributed by atoms with Crippen molar-refractivity contribution in [1.29, 1.82) is 0 Å². The Labute approximate surface area is 141 Å². The van der Waals surface area contributed by atoms with Gasteiger partial charge in [-0.3, -0.25) is 9.46 Å². The summed E-state index contributed by atoms with van der Waals surface area (Å²) in [5.41, 5.74) is 0. The second-order valence-corrected chi connectivity index (χ2v) is 8.78. The average Bonchev–Trinajstić information content (AvgIpc) is 2.48. The molecule has 0 aromatic heterocycles. The maximum Gasteiger partial charge on any atom is 0.330 e. The van der Waals surface area contributed by atoms with E-state index in [0.717, 1.165) is 32.5 Å². The number of aliphatic hydroxyl groups is 1. The molecule has 23 heavy (non-hydrogen) atoms. The van der Waals surface area contributed by atoms with E-state index in [9.17, 15) is 9.67 Å². The molecule has 0 aliphatic carbocycles. The Morgan fingerprint density at radius 1 is 1.30 bits per heavy atom. The monoisotopic (exact) mass is 350 g/mol. The third-order valence-electron chi connectivity index (χ3n) is 4.11. The number of nitrogens with one attached hydrogen (secondary N) is 1. The van der Waals surface area contributed by atoms with Crippen molar-refractivity contribution in [3.63, 3.8) is 0 Å². The van der Waals surface area contributed by atoms with E-state index in [1.807, 2.05) is 13.8 Å².